The molecule has 0 radical (unpaired) electrons. The van der Waals surface area contributed by atoms with E-state index in [1.807, 2.05) is 13.8 Å². The molecule has 0 saturated heterocycles. The summed E-state index contributed by atoms with van der Waals surface area (Å²) in [6.07, 6.45) is 0.154. The number of benzene rings is 1. The molecule has 106 valence electrons. The van der Waals surface area contributed by atoms with E-state index in [1.54, 1.807) is 24.3 Å². The van der Waals surface area contributed by atoms with Crippen LogP contribution in [0.5, 0.6) is 5.75 Å². The minimum absolute atomic E-state index is 0.0707. The number of carbonyl (C=O) groups is 1. The highest BCUT2D eigenvalue weighted by Gasteiger charge is 2.21. The van der Waals surface area contributed by atoms with Crippen LogP contribution in [-0.4, -0.2) is 18.1 Å². The maximum absolute atomic E-state index is 12.1. The van der Waals surface area contributed by atoms with Crippen molar-refractivity contribution in [2.24, 2.45) is 5.92 Å². The molecule has 0 saturated carbocycles. The number of halogens is 1. The highest BCUT2D eigenvalue weighted by molar-refractivity contribution is 6.30. The highest BCUT2D eigenvalue weighted by Crippen LogP contribution is 2.17. The van der Waals surface area contributed by atoms with Gasteiger partial charge in [-0.25, -0.2) is 0 Å². The van der Waals surface area contributed by atoms with Gasteiger partial charge in [0.25, 0.3) is 5.91 Å². The van der Waals surface area contributed by atoms with Gasteiger partial charge in [0, 0.05) is 11.1 Å². The Bertz CT molecular complexity index is 403. The molecule has 0 spiro atoms. The lowest BCUT2D eigenvalue weighted by Crippen LogP contribution is -2.44. The zero-order chi connectivity index (χ0) is 14.4. The predicted molar refractivity (Wildman–Crippen MR) is 78.6 cm³/mol. The van der Waals surface area contributed by atoms with Crippen molar-refractivity contribution >= 4 is 17.5 Å². The average molecular weight is 284 g/mol. The number of hydrogen-bond acceptors (Lipinski definition) is 2. The van der Waals surface area contributed by atoms with Crippen LogP contribution in [0.4, 0.5) is 0 Å². The summed E-state index contributed by atoms with van der Waals surface area (Å²) in [6, 6.07) is 7.17. The third-order valence-corrected chi connectivity index (χ3v) is 3.38. The van der Waals surface area contributed by atoms with E-state index in [1.165, 1.54) is 0 Å². The van der Waals surface area contributed by atoms with Crippen LogP contribution in [0.2, 0.25) is 5.02 Å². The third-order valence-electron chi connectivity index (χ3n) is 3.13. The van der Waals surface area contributed by atoms with Crippen LogP contribution in [0.15, 0.2) is 24.3 Å². The van der Waals surface area contributed by atoms with Crippen LogP contribution in [0.3, 0.4) is 0 Å². The van der Waals surface area contributed by atoms with Crippen molar-refractivity contribution < 1.29 is 9.53 Å². The molecule has 19 heavy (non-hydrogen) atoms. The molecule has 0 aliphatic carbocycles. The Morgan fingerprint density at radius 2 is 1.84 bits per heavy atom. The van der Waals surface area contributed by atoms with E-state index in [0.29, 0.717) is 23.1 Å². The number of amides is 1. The average Bonchev–Trinajstić information content (AvgIpc) is 2.37. The second-order valence-electron chi connectivity index (χ2n) is 5.01. The molecule has 0 aromatic heterocycles. The van der Waals surface area contributed by atoms with E-state index in [2.05, 4.69) is 19.2 Å². The summed E-state index contributed by atoms with van der Waals surface area (Å²) < 4.78 is 5.69. The Morgan fingerprint density at radius 1 is 1.26 bits per heavy atom. The molecule has 0 unspecified atom stereocenters. The van der Waals surface area contributed by atoms with Gasteiger partial charge in [0.2, 0.25) is 0 Å². The molecule has 2 atom stereocenters. The van der Waals surface area contributed by atoms with Crippen LogP contribution < -0.4 is 10.1 Å². The Hall–Kier alpha value is -1.22. The number of hydrogen-bond donors (Lipinski definition) is 1. The smallest absolute Gasteiger partial charge is 0.261 e. The van der Waals surface area contributed by atoms with Gasteiger partial charge in [-0.3, -0.25) is 4.79 Å². The van der Waals surface area contributed by atoms with Gasteiger partial charge in [-0.1, -0.05) is 32.4 Å². The molecule has 1 aromatic carbocycles. The normalized spacial score (nSPS) is 14.0. The first-order valence-corrected chi connectivity index (χ1v) is 7.04. The summed E-state index contributed by atoms with van der Waals surface area (Å²) in [6.45, 7) is 8.08. The van der Waals surface area contributed by atoms with Crippen molar-refractivity contribution in [3.8, 4) is 5.75 Å². The minimum Gasteiger partial charge on any atom is -0.481 e. The highest BCUT2D eigenvalue weighted by atomic mass is 35.5. The lowest BCUT2D eigenvalue weighted by atomic mass is 10.1. The molecular formula is C15H22ClNO2. The topological polar surface area (TPSA) is 38.3 Å². The molecule has 0 bridgehead atoms. The second kappa shape index (κ2) is 7.39. The fourth-order valence-electron chi connectivity index (χ4n) is 1.48. The number of nitrogens with one attached hydrogen (secondary N) is 1. The van der Waals surface area contributed by atoms with Crippen molar-refractivity contribution in [1.82, 2.24) is 5.32 Å². The van der Waals surface area contributed by atoms with Crippen LogP contribution in [0.1, 0.15) is 34.1 Å². The summed E-state index contributed by atoms with van der Waals surface area (Å²) in [4.78, 5) is 12.1. The zero-order valence-corrected chi connectivity index (χ0v) is 12.7. The van der Waals surface area contributed by atoms with E-state index in [-0.39, 0.29) is 11.9 Å². The van der Waals surface area contributed by atoms with E-state index in [4.69, 9.17) is 16.3 Å². The molecule has 4 heteroatoms. The standard InChI is InChI=1S/C15H22ClNO2/c1-5-14(15(18)17-11(4)10(2)3)19-13-8-6-12(16)7-9-13/h6-11,14H,5H2,1-4H3,(H,17,18)/t11-,14+/m0/s1. The van der Waals surface area contributed by atoms with Gasteiger partial charge >= 0.3 is 0 Å². The lowest BCUT2D eigenvalue weighted by molar-refractivity contribution is -0.129. The minimum atomic E-state index is -0.470. The van der Waals surface area contributed by atoms with Gasteiger partial charge in [-0.2, -0.15) is 0 Å². The van der Waals surface area contributed by atoms with Crippen LogP contribution in [-0.2, 0) is 4.79 Å². The molecule has 1 aromatic rings. The van der Waals surface area contributed by atoms with Gasteiger partial charge in [0.05, 0.1) is 0 Å². The van der Waals surface area contributed by atoms with E-state index in [0.717, 1.165) is 0 Å². The van der Waals surface area contributed by atoms with Gasteiger partial charge in [0.1, 0.15) is 5.75 Å². The Kier molecular flexibility index (Phi) is 6.16. The molecule has 1 N–H and O–H groups in total. The summed E-state index contributed by atoms with van der Waals surface area (Å²) >= 11 is 5.81. The SMILES string of the molecule is CC[C@@H](Oc1ccc(Cl)cc1)C(=O)N[C@@H](C)C(C)C. The zero-order valence-electron chi connectivity index (χ0n) is 11.9. The maximum Gasteiger partial charge on any atom is 0.261 e. The van der Waals surface area contributed by atoms with E-state index < -0.39 is 6.10 Å². The van der Waals surface area contributed by atoms with Gasteiger partial charge < -0.3 is 10.1 Å². The maximum atomic E-state index is 12.1. The quantitative estimate of drug-likeness (QED) is 0.865. The van der Waals surface area contributed by atoms with Gasteiger partial charge in [-0.05, 0) is 43.5 Å². The van der Waals surface area contributed by atoms with Crippen LogP contribution in [0.25, 0.3) is 0 Å². The van der Waals surface area contributed by atoms with Crippen molar-refractivity contribution in [3.63, 3.8) is 0 Å². The molecule has 3 nitrogen and oxygen atoms in total. The van der Waals surface area contributed by atoms with Crippen LogP contribution in [0, 0.1) is 5.92 Å². The molecule has 0 heterocycles. The fraction of sp³-hybridized carbons (Fsp3) is 0.533. The first kappa shape index (κ1) is 15.8. The predicted octanol–water partition coefficient (Wildman–Crippen LogP) is 3.66. The van der Waals surface area contributed by atoms with E-state index in [9.17, 15) is 4.79 Å². The molecule has 0 aliphatic heterocycles. The Balaban J connectivity index is 2.62. The van der Waals surface area contributed by atoms with Crippen molar-refractivity contribution in [2.45, 2.75) is 46.3 Å². The van der Waals surface area contributed by atoms with Crippen molar-refractivity contribution in [2.75, 3.05) is 0 Å². The molecular weight excluding hydrogens is 262 g/mol. The second-order valence-corrected chi connectivity index (χ2v) is 5.45. The molecule has 1 amide bonds. The first-order chi connectivity index (χ1) is 8.93. The van der Waals surface area contributed by atoms with Gasteiger partial charge in [-0.15, -0.1) is 0 Å². The van der Waals surface area contributed by atoms with Crippen LogP contribution >= 0.6 is 11.6 Å². The first-order valence-electron chi connectivity index (χ1n) is 6.66. The summed E-state index contributed by atoms with van der Waals surface area (Å²) in [5, 5.41) is 3.62. The summed E-state index contributed by atoms with van der Waals surface area (Å²) in [5.41, 5.74) is 0. The lowest BCUT2D eigenvalue weighted by Gasteiger charge is -2.22. The third kappa shape index (κ3) is 5.11. The van der Waals surface area contributed by atoms with Gasteiger partial charge in [0.15, 0.2) is 6.10 Å². The molecule has 1 rings (SSSR count). The van der Waals surface area contributed by atoms with Crippen molar-refractivity contribution in [1.29, 1.82) is 0 Å². The monoisotopic (exact) mass is 283 g/mol. The fourth-order valence-corrected chi connectivity index (χ4v) is 1.61. The number of carbonyl (C=O) groups excluding carboxylic acids is 1. The molecule has 0 aliphatic rings. The molecule has 0 fully saturated rings. The largest absolute Gasteiger partial charge is 0.481 e. The summed E-state index contributed by atoms with van der Waals surface area (Å²) in [7, 11) is 0. The Morgan fingerprint density at radius 3 is 2.32 bits per heavy atom. The number of ether oxygens (including phenoxy) is 1. The Labute approximate surface area is 120 Å². The number of rotatable bonds is 6. The van der Waals surface area contributed by atoms with E-state index >= 15 is 0 Å². The summed E-state index contributed by atoms with van der Waals surface area (Å²) in [5.74, 6) is 0.985. The van der Waals surface area contributed by atoms with Crippen molar-refractivity contribution in [3.05, 3.63) is 29.3 Å².